The number of aliphatic hydroxyl groups is 1. The minimum atomic E-state index is -0.0321. The number of fused-ring (bicyclic) bond motifs is 4. The van der Waals surface area contributed by atoms with Crippen LogP contribution in [0, 0.1) is 17.9 Å². The Hall–Kier alpha value is -6.31. The quantitative estimate of drug-likeness (QED) is 0.0981. The molecule has 3 aliphatic rings. The first-order valence-electron chi connectivity index (χ1n) is 16.0. The van der Waals surface area contributed by atoms with Crippen LogP contribution >= 0.6 is 0 Å². The molecule has 7 heteroatoms. The number of nitriles is 1. The summed E-state index contributed by atoms with van der Waals surface area (Å²) in [6, 6.07) is 31.3. The zero-order valence-corrected chi connectivity index (χ0v) is 27.1. The van der Waals surface area contributed by atoms with Gasteiger partial charge in [0.2, 0.25) is 12.0 Å². The molecule has 1 N–H and O–H groups in total. The van der Waals surface area contributed by atoms with Crippen molar-refractivity contribution in [2.24, 2.45) is 0 Å². The van der Waals surface area contributed by atoms with Gasteiger partial charge < -0.3 is 19.8 Å². The fourth-order valence-corrected chi connectivity index (χ4v) is 8.55. The number of allylic oxidation sites excluding steroid dienone is 3. The van der Waals surface area contributed by atoms with Crippen LogP contribution in [0.3, 0.4) is 0 Å². The number of rotatable bonds is 1. The molecule has 0 aromatic heterocycles. The molecule has 0 spiro atoms. The van der Waals surface area contributed by atoms with E-state index in [-0.39, 0.29) is 11.5 Å². The van der Waals surface area contributed by atoms with Gasteiger partial charge in [-0.1, -0.05) is 66.7 Å². The molecule has 0 atom stereocenters. The van der Waals surface area contributed by atoms with Crippen LogP contribution in [0.5, 0.6) is 0 Å². The average molecular weight is 624 g/mol. The van der Waals surface area contributed by atoms with E-state index in [2.05, 4.69) is 119 Å². The Balaban J connectivity index is 1.54. The molecule has 0 unspecified atom stereocenters. The Labute approximate surface area is 277 Å². The number of benzene rings is 6. The average Bonchev–Trinajstić information content (AvgIpc) is 3.10. The number of anilines is 3. The second-order valence-corrected chi connectivity index (χ2v) is 13.1. The molecular formula is C41H31N6O+. The molecule has 2 heterocycles. The van der Waals surface area contributed by atoms with Gasteiger partial charge in [0.1, 0.15) is 12.8 Å². The Morgan fingerprint density at radius 2 is 1.38 bits per heavy atom. The Bertz CT molecular complexity index is 2760. The van der Waals surface area contributed by atoms with Crippen LogP contribution < -0.4 is 29.9 Å². The van der Waals surface area contributed by atoms with Crippen molar-refractivity contribution < 1.29 is 5.11 Å². The molecule has 48 heavy (non-hydrogen) atoms. The lowest BCUT2D eigenvalue weighted by Crippen LogP contribution is -2.42. The van der Waals surface area contributed by atoms with Gasteiger partial charge in [0.15, 0.2) is 0 Å². The first-order valence-corrected chi connectivity index (χ1v) is 16.0. The van der Waals surface area contributed by atoms with Crippen molar-refractivity contribution in [1.29, 1.82) is 5.26 Å². The topological polar surface area (TPSA) is 61.1 Å². The van der Waals surface area contributed by atoms with Crippen molar-refractivity contribution in [3.8, 4) is 6.07 Å². The fraction of sp³-hybridized carbons (Fsp3) is 0.146. The number of nitrogens with zero attached hydrogens (tertiary/aromatic N) is 6. The third-order valence-corrected chi connectivity index (χ3v) is 10.4. The van der Waals surface area contributed by atoms with Crippen LogP contribution in [0.4, 0.5) is 17.1 Å². The van der Waals surface area contributed by atoms with Crippen molar-refractivity contribution in [2.45, 2.75) is 0 Å². The van der Waals surface area contributed by atoms with E-state index in [1.165, 1.54) is 0 Å². The van der Waals surface area contributed by atoms with E-state index in [0.29, 0.717) is 16.7 Å². The van der Waals surface area contributed by atoms with E-state index in [4.69, 9.17) is 6.57 Å². The van der Waals surface area contributed by atoms with Crippen LogP contribution in [0.15, 0.2) is 102 Å². The number of hydrogen-bond donors (Lipinski definition) is 1. The summed E-state index contributed by atoms with van der Waals surface area (Å²) >= 11 is 0. The summed E-state index contributed by atoms with van der Waals surface area (Å²) in [6.07, 6.45) is 0. The SMILES string of the molecule is [C-]#[N+]C(C#N)=C1C(c2c3ccccc3c3c4c(cccc24)N(C)CN3C)=C(O)/C1=c1/c2ccccc2c2c3c(cccc13)N(C)C[N+]=2C. The van der Waals surface area contributed by atoms with Crippen molar-refractivity contribution in [1.82, 2.24) is 4.58 Å². The van der Waals surface area contributed by atoms with Crippen LogP contribution in [0.25, 0.3) is 59.1 Å². The smallest absolute Gasteiger partial charge is 0.270 e. The molecular weight excluding hydrogens is 592 g/mol. The third-order valence-electron chi connectivity index (χ3n) is 10.4. The van der Waals surface area contributed by atoms with Crippen molar-refractivity contribution >= 4 is 71.3 Å². The van der Waals surface area contributed by atoms with Gasteiger partial charge in [-0.15, -0.1) is 0 Å². The van der Waals surface area contributed by atoms with E-state index in [0.717, 1.165) is 89.6 Å². The normalized spacial score (nSPS) is 17.7. The molecule has 1 aliphatic carbocycles. The monoisotopic (exact) mass is 623 g/mol. The molecule has 230 valence electrons. The predicted octanol–water partition coefficient (Wildman–Crippen LogP) is 6.50. The van der Waals surface area contributed by atoms with Gasteiger partial charge >= 0.3 is 0 Å². The first kappa shape index (κ1) is 28.0. The van der Waals surface area contributed by atoms with Crippen molar-refractivity contribution in [2.75, 3.05) is 56.2 Å². The molecule has 0 radical (unpaired) electrons. The summed E-state index contributed by atoms with van der Waals surface area (Å²) in [7, 11) is 8.39. The van der Waals surface area contributed by atoms with E-state index < -0.39 is 0 Å². The summed E-state index contributed by atoms with van der Waals surface area (Å²) in [6.45, 7) is 9.65. The maximum Gasteiger partial charge on any atom is 0.270 e. The lowest BCUT2D eigenvalue weighted by molar-refractivity contribution is 0.434. The van der Waals surface area contributed by atoms with Crippen molar-refractivity contribution in [3.05, 3.63) is 130 Å². The molecule has 0 fully saturated rings. The zero-order valence-electron chi connectivity index (χ0n) is 27.1. The summed E-state index contributed by atoms with van der Waals surface area (Å²) < 4.78 is 2.26. The van der Waals surface area contributed by atoms with Crippen LogP contribution in [0.2, 0.25) is 0 Å². The van der Waals surface area contributed by atoms with Gasteiger partial charge in [-0.25, -0.2) is 14.7 Å². The molecule has 7 nitrogen and oxygen atoms in total. The highest BCUT2D eigenvalue weighted by Crippen LogP contribution is 2.54. The van der Waals surface area contributed by atoms with Gasteiger partial charge in [0, 0.05) is 65.1 Å². The minimum absolute atomic E-state index is 0.0321. The maximum atomic E-state index is 12.5. The van der Waals surface area contributed by atoms with E-state index >= 15 is 0 Å². The van der Waals surface area contributed by atoms with Gasteiger partial charge in [0.05, 0.1) is 41.5 Å². The van der Waals surface area contributed by atoms with Crippen molar-refractivity contribution in [3.63, 3.8) is 0 Å². The highest BCUT2D eigenvalue weighted by Gasteiger charge is 2.38. The zero-order chi connectivity index (χ0) is 33.0. The molecule has 0 saturated heterocycles. The van der Waals surface area contributed by atoms with E-state index in [1.54, 1.807) is 0 Å². The second kappa shape index (κ2) is 9.84. The van der Waals surface area contributed by atoms with Gasteiger partial charge in [0.25, 0.3) is 5.70 Å². The van der Waals surface area contributed by atoms with Gasteiger partial charge in [-0.3, -0.25) is 0 Å². The lowest BCUT2D eigenvalue weighted by Gasteiger charge is -2.38. The largest absolute Gasteiger partial charge is 0.507 e. The standard InChI is InChI=1S/C41H30N6O/c1-43-29(20-42)36-37(32-23-12-6-8-14-25(23)39-34-27(32)16-10-18-30(34)44(2)21-46(39)4)41(48)38(36)33-24-13-7-9-15-26(24)40-35-28(33)17-11-19-31(35)45(3)22-47(40)5/h6-19H,21-22H2,2-5H3/p+1. The lowest BCUT2D eigenvalue weighted by atomic mass is 9.73. The fourth-order valence-electron chi connectivity index (χ4n) is 8.55. The summed E-state index contributed by atoms with van der Waals surface area (Å²) in [4.78, 5) is 10.5. The second-order valence-electron chi connectivity index (χ2n) is 13.1. The molecule has 0 saturated carbocycles. The van der Waals surface area contributed by atoms with Crippen LogP contribution in [0.1, 0.15) is 5.56 Å². The van der Waals surface area contributed by atoms with Gasteiger partial charge in [-0.05, 0) is 39.7 Å². The highest BCUT2D eigenvalue weighted by molar-refractivity contribution is 6.28. The Morgan fingerprint density at radius 1 is 0.750 bits per heavy atom. The number of aliphatic hydroxyl groups excluding tert-OH is 1. The summed E-state index contributed by atoms with van der Waals surface area (Å²) in [5.74, 6) is 0.105. The molecule has 0 bridgehead atoms. The number of hydrogen-bond acceptors (Lipinski definition) is 5. The molecule has 0 amide bonds. The molecule has 9 rings (SSSR count). The van der Waals surface area contributed by atoms with E-state index in [9.17, 15) is 10.4 Å². The summed E-state index contributed by atoms with van der Waals surface area (Å²) in [5, 5.41) is 33.2. The molecule has 6 aromatic carbocycles. The maximum absolute atomic E-state index is 12.5. The van der Waals surface area contributed by atoms with E-state index in [1.807, 2.05) is 24.3 Å². The third kappa shape index (κ3) is 3.43. The molecule has 6 aromatic rings. The van der Waals surface area contributed by atoms with Crippen LogP contribution in [-0.2, 0) is 0 Å². The molecule has 2 aliphatic heterocycles. The van der Waals surface area contributed by atoms with Crippen LogP contribution in [-0.4, -0.2) is 46.6 Å². The van der Waals surface area contributed by atoms with Gasteiger partial charge in [-0.2, -0.15) is 0 Å². The summed E-state index contributed by atoms with van der Waals surface area (Å²) in [5.41, 5.74) is 5.76. The first-order chi connectivity index (χ1) is 23.3. The Kier molecular flexibility index (Phi) is 5.73. The minimum Gasteiger partial charge on any atom is -0.507 e. The Morgan fingerprint density at radius 3 is 2.08 bits per heavy atom. The predicted molar refractivity (Wildman–Crippen MR) is 196 cm³/mol. The highest BCUT2D eigenvalue weighted by atomic mass is 16.3.